The summed E-state index contributed by atoms with van der Waals surface area (Å²) in [6.07, 6.45) is 6.93. The molecular formula is C10H21N. The average molecular weight is 155 g/mol. The summed E-state index contributed by atoms with van der Waals surface area (Å²) < 4.78 is 0. The van der Waals surface area contributed by atoms with E-state index in [-0.39, 0.29) is 0 Å². The standard InChI is InChI=1S/C10H21N/c1-3-4-7-10-9(2)6-5-8-11-10/h9-11H,3-8H2,1-2H3/t9-,10+/m0/s1. The van der Waals surface area contributed by atoms with E-state index in [4.69, 9.17) is 0 Å². The second-order valence-electron chi connectivity index (χ2n) is 3.82. The number of hydrogen-bond acceptors (Lipinski definition) is 1. The van der Waals surface area contributed by atoms with E-state index in [2.05, 4.69) is 19.2 Å². The van der Waals surface area contributed by atoms with Gasteiger partial charge in [-0.1, -0.05) is 26.7 Å². The van der Waals surface area contributed by atoms with Crippen molar-refractivity contribution in [2.75, 3.05) is 6.54 Å². The summed E-state index contributed by atoms with van der Waals surface area (Å²) in [5, 5.41) is 3.60. The molecule has 0 radical (unpaired) electrons. The van der Waals surface area contributed by atoms with Crippen LogP contribution in [0.1, 0.15) is 46.0 Å². The van der Waals surface area contributed by atoms with Crippen molar-refractivity contribution >= 4 is 0 Å². The summed E-state index contributed by atoms with van der Waals surface area (Å²) in [5.74, 6) is 0.912. The quantitative estimate of drug-likeness (QED) is 0.660. The fourth-order valence-corrected chi connectivity index (χ4v) is 1.92. The smallest absolute Gasteiger partial charge is 0.00926 e. The molecule has 1 saturated heterocycles. The van der Waals surface area contributed by atoms with Crippen LogP contribution < -0.4 is 5.32 Å². The summed E-state index contributed by atoms with van der Waals surface area (Å²) in [7, 11) is 0. The highest BCUT2D eigenvalue weighted by atomic mass is 14.9. The fourth-order valence-electron chi connectivity index (χ4n) is 1.92. The highest BCUT2D eigenvalue weighted by Gasteiger charge is 2.19. The Hall–Kier alpha value is -0.0400. The van der Waals surface area contributed by atoms with E-state index in [0.717, 1.165) is 12.0 Å². The molecule has 0 amide bonds. The molecule has 0 bridgehead atoms. The Labute approximate surface area is 70.6 Å². The van der Waals surface area contributed by atoms with Gasteiger partial charge >= 0.3 is 0 Å². The first-order chi connectivity index (χ1) is 5.34. The summed E-state index contributed by atoms with van der Waals surface area (Å²) in [6.45, 7) is 5.90. The molecule has 0 spiro atoms. The zero-order valence-electron chi connectivity index (χ0n) is 7.90. The van der Waals surface area contributed by atoms with E-state index >= 15 is 0 Å². The molecule has 0 saturated carbocycles. The molecule has 0 unspecified atom stereocenters. The SMILES string of the molecule is CCCC[C@H]1NCCC[C@@H]1C. The lowest BCUT2D eigenvalue weighted by molar-refractivity contribution is 0.282. The van der Waals surface area contributed by atoms with Crippen molar-refractivity contribution in [2.45, 2.75) is 52.0 Å². The zero-order chi connectivity index (χ0) is 8.10. The second kappa shape index (κ2) is 4.76. The predicted molar refractivity (Wildman–Crippen MR) is 49.7 cm³/mol. The van der Waals surface area contributed by atoms with Crippen LogP contribution in [0.4, 0.5) is 0 Å². The Balaban J connectivity index is 2.18. The molecule has 1 N–H and O–H groups in total. The third-order valence-corrected chi connectivity index (χ3v) is 2.80. The lowest BCUT2D eigenvalue weighted by atomic mass is 9.89. The molecule has 66 valence electrons. The Morgan fingerprint density at radius 2 is 2.27 bits per heavy atom. The normalized spacial score (nSPS) is 32.2. The minimum atomic E-state index is 0.823. The molecule has 11 heavy (non-hydrogen) atoms. The first kappa shape index (κ1) is 9.05. The van der Waals surface area contributed by atoms with Crippen molar-refractivity contribution in [1.82, 2.24) is 5.32 Å². The van der Waals surface area contributed by atoms with Gasteiger partial charge in [0, 0.05) is 6.04 Å². The first-order valence-corrected chi connectivity index (χ1v) is 5.08. The maximum Gasteiger partial charge on any atom is 0.00926 e. The Bertz CT molecular complexity index is 101. The van der Waals surface area contributed by atoms with Crippen molar-refractivity contribution in [3.8, 4) is 0 Å². The summed E-state index contributed by atoms with van der Waals surface area (Å²) in [4.78, 5) is 0. The monoisotopic (exact) mass is 155 g/mol. The van der Waals surface area contributed by atoms with E-state index in [1.54, 1.807) is 0 Å². The molecular weight excluding hydrogens is 134 g/mol. The topological polar surface area (TPSA) is 12.0 Å². The highest BCUT2D eigenvalue weighted by molar-refractivity contribution is 4.77. The number of nitrogens with one attached hydrogen (secondary N) is 1. The number of unbranched alkanes of at least 4 members (excludes halogenated alkanes) is 1. The summed E-state index contributed by atoms with van der Waals surface area (Å²) >= 11 is 0. The van der Waals surface area contributed by atoms with Crippen molar-refractivity contribution in [2.24, 2.45) is 5.92 Å². The molecule has 0 aliphatic carbocycles. The molecule has 1 aliphatic heterocycles. The maximum absolute atomic E-state index is 3.60. The van der Waals surface area contributed by atoms with Gasteiger partial charge in [0.05, 0.1) is 0 Å². The van der Waals surface area contributed by atoms with Gasteiger partial charge in [-0.15, -0.1) is 0 Å². The molecule has 0 aromatic rings. The van der Waals surface area contributed by atoms with Gasteiger partial charge in [-0.2, -0.15) is 0 Å². The van der Waals surface area contributed by atoms with E-state index < -0.39 is 0 Å². The minimum absolute atomic E-state index is 0.823. The first-order valence-electron chi connectivity index (χ1n) is 5.08. The van der Waals surface area contributed by atoms with Gasteiger partial charge in [-0.3, -0.25) is 0 Å². The largest absolute Gasteiger partial charge is 0.314 e. The third kappa shape index (κ3) is 2.82. The van der Waals surface area contributed by atoms with Crippen LogP contribution in [0.5, 0.6) is 0 Å². The van der Waals surface area contributed by atoms with Gasteiger partial charge in [-0.25, -0.2) is 0 Å². The molecule has 0 aromatic carbocycles. The maximum atomic E-state index is 3.60. The number of piperidine rings is 1. The van der Waals surface area contributed by atoms with Crippen molar-refractivity contribution in [1.29, 1.82) is 0 Å². The van der Waals surface area contributed by atoms with E-state index in [1.807, 2.05) is 0 Å². The molecule has 1 heteroatoms. The fraction of sp³-hybridized carbons (Fsp3) is 1.00. The lowest BCUT2D eigenvalue weighted by Crippen LogP contribution is -2.39. The van der Waals surface area contributed by atoms with Crippen LogP contribution in [0.3, 0.4) is 0 Å². The van der Waals surface area contributed by atoms with Crippen LogP contribution in [0.2, 0.25) is 0 Å². The average Bonchev–Trinajstić information content (AvgIpc) is 2.03. The van der Waals surface area contributed by atoms with Gasteiger partial charge < -0.3 is 5.32 Å². The predicted octanol–water partition coefficient (Wildman–Crippen LogP) is 2.56. The van der Waals surface area contributed by atoms with E-state index in [1.165, 1.54) is 38.6 Å². The number of hydrogen-bond donors (Lipinski definition) is 1. The van der Waals surface area contributed by atoms with Gasteiger partial charge in [0.1, 0.15) is 0 Å². The Morgan fingerprint density at radius 3 is 2.91 bits per heavy atom. The lowest BCUT2D eigenvalue weighted by Gasteiger charge is -2.29. The second-order valence-corrected chi connectivity index (χ2v) is 3.82. The number of rotatable bonds is 3. The molecule has 1 aliphatic rings. The Morgan fingerprint density at radius 1 is 1.45 bits per heavy atom. The Kier molecular flexibility index (Phi) is 3.92. The van der Waals surface area contributed by atoms with Crippen LogP contribution in [0.25, 0.3) is 0 Å². The van der Waals surface area contributed by atoms with Crippen LogP contribution in [0.15, 0.2) is 0 Å². The van der Waals surface area contributed by atoms with Gasteiger partial charge in [0.25, 0.3) is 0 Å². The summed E-state index contributed by atoms with van der Waals surface area (Å²) in [6, 6.07) is 0.823. The molecule has 1 rings (SSSR count). The van der Waals surface area contributed by atoms with E-state index in [0.29, 0.717) is 0 Å². The molecule has 0 aromatic heterocycles. The van der Waals surface area contributed by atoms with Crippen LogP contribution in [-0.2, 0) is 0 Å². The van der Waals surface area contributed by atoms with Gasteiger partial charge in [0.15, 0.2) is 0 Å². The van der Waals surface area contributed by atoms with Gasteiger partial charge in [0.2, 0.25) is 0 Å². The van der Waals surface area contributed by atoms with Crippen molar-refractivity contribution in [3.05, 3.63) is 0 Å². The molecule has 2 atom stereocenters. The highest BCUT2D eigenvalue weighted by Crippen LogP contribution is 2.19. The van der Waals surface area contributed by atoms with Gasteiger partial charge in [-0.05, 0) is 31.7 Å². The van der Waals surface area contributed by atoms with Crippen LogP contribution >= 0.6 is 0 Å². The van der Waals surface area contributed by atoms with Crippen LogP contribution in [-0.4, -0.2) is 12.6 Å². The van der Waals surface area contributed by atoms with Crippen molar-refractivity contribution in [3.63, 3.8) is 0 Å². The zero-order valence-corrected chi connectivity index (χ0v) is 7.90. The van der Waals surface area contributed by atoms with Crippen LogP contribution in [0, 0.1) is 5.92 Å². The molecule has 1 nitrogen and oxygen atoms in total. The van der Waals surface area contributed by atoms with E-state index in [9.17, 15) is 0 Å². The molecule has 1 fully saturated rings. The summed E-state index contributed by atoms with van der Waals surface area (Å²) in [5.41, 5.74) is 0. The third-order valence-electron chi connectivity index (χ3n) is 2.80. The molecule has 1 heterocycles. The van der Waals surface area contributed by atoms with Crippen molar-refractivity contribution < 1.29 is 0 Å². The minimum Gasteiger partial charge on any atom is -0.314 e.